The van der Waals surface area contributed by atoms with E-state index in [9.17, 15) is 4.39 Å². The van der Waals surface area contributed by atoms with Crippen LogP contribution < -0.4 is 0 Å². The Morgan fingerprint density at radius 2 is 2.16 bits per heavy atom. The van der Waals surface area contributed by atoms with E-state index in [0.717, 1.165) is 5.01 Å². The molecule has 0 atom stereocenters. The van der Waals surface area contributed by atoms with Crippen LogP contribution in [0.1, 0.15) is 5.76 Å². The lowest BCUT2D eigenvalue weighted by molar-refractivity contribution is 0.400. The first-order chi connectivity index (χ1) is 9.18. The minimum atomic E-state index is -0.432. The zero-order valence-corrected chi connectivity index (χ0v) is 11.4. The summed E-state index contributed by atoms with van der Waals surface area (Å²) in [5.41, 5.74) is 1.31. The topological polar surface area (TPSA) is 38.9 Å². The number of thiazole rings is 1. The summed E-state index contributed by atoms with van der Waals surface area (Å²) in [6.45, 7) is 1.77. The van der Waals surface area contributed by atoms with Gasteiger partial charge in [-0.2, -0.15) is 0 Å². The fourth-order valence-electron chi connectivity index (χ4n) is 1.87. The molecular formula is C13H8ClFN2OS. The summed E-state index contributed by atoms with van der Waals surface area (Å²) in [4.78, 5) is 4.22. The van der Waals surface area contributed by atoms with E-state index < -0.39 is 5.82 Å². The highest BCUT2D eigenvalue weighted by atomic mass is 35.5. The number of aryl methyl sites for hydroxylation is 1. The van der Waals surface area contributed by atoms with Crippen LogP contribution in [-0.4, -0.2) is 10.1 Å². The lowest BCUT2D eigenvalue weighted by atomic mass is 10.1. The summed E-state index contributed by atoms with van der Waals surface area (Å²) in [6.07, 6.45) is 1.68. The van der Waals surface area contributed by atoms with Gasteiger partial charge in [0.15, 0.2) is 0 Å². The molecule has 0 amide bonds. The summed E-state index contributed by atoms with van der Waals surface area (Å²) in [7, 11) is 0. The van der Waals surface area contributed by atoms with E-state index in [1.165, 1.54) is 17.4 Å². The third-order valence-corrected chi connectivity index (χ3v) is 3.81. The van der Waals surface area contributed by atoms with E-state index in [-0.39, 0.29) is 5.56 Å². The third kappa shape index (κ3) is 2.05. The molecule has 6 heteroatoms. The van der Waals surface area contributed by atoms with Gasteiger partial charge in [0.2, 0.25) is 0 Å². The van der Waals surface area contributed by atoms with Crippen LogP contribution >= 0.6 is 22.9 Å². The lowest BCUT2D eigenvalue weighted by Crippen LogP contribution is -1.89. The molecule has 0 bridgehead atoms. The highest BCUT2D eigenvalue weighted by molar-refractivity contribution is 7.13. The van der Waals surface area contributed by atoms with Crippen molar-refractivity contribution in [1.82, 2.24) is 10.1 Å². The molecule has 2 aromatic heterocycles. The van der Waals surface area contributed by atoms with Crippen molar-refractivity contribution in [2.24, 2.45) is 0 Å². The Hall–Kier alpha value is -1.72. The van der Waals surface area contributed by atoms with Gasteiger partial charge in [0.25, 0.3) is 0 Å². The SMILES string of the molecule is Cc1onc(-c2c(F)cccc2Cl)c1-c1nccs1. The van der Waals surface area contributed by atoms with Gasteiger partial charge in [-0.25, -0.2) is 9.37 Å². The summed E-state index contributed by atoms with van der Waals surface area (Å²) < 4.78 is 19.2. The van der Waals surface area contributed by atoms with Crippen molar-refractivity contribution in [3.05, 3.63) is 46.4 Å². The van der Waals surface area contributed by atoms with Gasteiger partial charge in [0.1, 0.15) is 22.3 Å². The van der Waals surface area contributed by atoms with Crippen molar-refractivity contribution in [3.63, 3.8) is 0 Å². The molecular weight excluding hydrogens is 287 g/mol. The molecule has 2 heterocycles. The normalized spacial score (nSPS) is 10.9. The number of halogens is 2. The van der Waals surface area contributed by atoms with Crippen molar-refractivity contribution in [1.29, 1.82) is 0 Å². The standard InChI is InChI=1S/C13H8ClFN2OS/c1-7-10(13-16-5-6-19-13)12(17-18-7)11-8(14)3-2-4-9(11)15/h2-6H,1H3. The Kier molecular flexibility index (Phi) is 3.08. The molecule has 0 unspecified atom stereocenters. The van der Waals surface area contributed by atoms with Gasteiger partial charge >= 0.3 is 0 Å². The quantitative estimate of drug-likeness (QED) is 0.695. The molecule has 96 valence electrons. The summed E-state index contributed by atoms with van der Waals surface area (Å²) in [6, 6.07) is 4.52. The molecule has 0 fully saturated rings. The highest BCUT2D eigenvalue weighted by Crippen LogP contribution is 2.39. The zero-order chi connectivity index (χ0) is 13.4. The van der Waals surface area contributed by atoms with Gasteiger partial charge in [0, 0.05) is 11.6 Å². The second-order valence-corrected chi connectivity index (χ2v) is 5.20. The predicted octanol–water partition coefficient (Wildman–Crippen LogP) is 4.57. The molecule has 0 N–H and O–H groups in total. The maximum atomic E-state index is 14.0. The van der Waals surface area contributed by atoms with E-state index >= 15 is 0 Å². The van der Waals surface area contributed by atoms with Crippen molar-refractivity contribution in [3.8, 4) is 21.8 Å². The van der Waals surface area contributed by atoms with E-state index in [1.54, 1.807) is 25.3 Å². The third-order valence-electron chi connectivity index (χ3n) is 2.71. The number of aromatic nitrogens is 2. The van der Waals surface area contributed by atoms with E-state index in [0.29, 0.717) is 22.0 Å². The van der Waals surface area contributed by atoms with Gasteiger partial charge < -0.3 is 4.52 Å². The van der Waals surface area contributed by atoms with Crippen LogP contribution in [0.3, 0.4) is 0 Å². The fraction of sp³-hybridized carbons (Fsp3) is 0.0769. The van der Waals surface area contributed by atoms with Crippen LogP contribution in [0, 0.1) is 12.7 Å². The van der Waals surface area contributed by atoms with Crippen molar-refractivity contribution >= 4 is 22.9 Å². The van der Waals surface area contributed by atoms with Gasteiger partial charge in [-0.15, -0.1) is 11.3 Å². The molecule has 0 saturated heterocycles. The zero-order valence-electron chi connectivity index (χ0n) is 9.85. The molecule has 3 rings (SSSR count). The Labute approximate surface area is 117 Å². The van der Waals surface area contributed by atoms with Crippen molar-refractivity contribution in [2.75, 3.05) is 0 Å². The molecule has 0 aliphatic heterocycles. The Morgan fingerprint density at radius 1 is 1.32 bits per heavy atom. The maximum Gasteiger partial charge on any atom is 0.144 e. The molecule has 19 heavy (non-hydrogen) atoms. The molecule has 0 saturated carbocycles. The summed E-state index contributed by atoms with van der Waals surface area (Å²) in [5.74, 6) is 0.155. The summed E-state index contributed by atoms with van der Waals surface area (Å²) >= 11 is 7.51. The largest absolute Gasteiger partial charge is 0.360 e. The van der Waals surface area contributed by atoms with Gasteiger partial charge in [-0.1, -0.05) is 22.8 Å². The maximum absolute atomic E-state index is 14.0. The van der Waals surface area contributed by atoms with Gasteiger partial charge in [-0.3, -0.25) is 0 Å². The van der Waals surface area contributed by atoms with Gasteiger partial charge in [-0.05, 0) is 19.1 Å². The second kappa shape index (κ2) is 4.75. The molecule has 0 aliphatic rings. The minimum Gasteiger partial charge on any atom is -0.360 e. The minimum absolute atomic E-state index is 0.242. The number of hydrogen-bond acceptors (Lipinski definition) is 4. The van der Waals surface area contributed by atoms with Crippen molar-refractivity contribution in [2.45, 2.75) is 6.92 Å². The number of hydrogen-bond donors (Lipinski definition) is 0. The monoisotopic (exact) mass is 294 g/mol. The lowest BCUT2D eigenvalue weighted by Gasteiger charge is -2.03. The second-order valence-electron chi connectivity index (χ2n) is 3.90. The van der Waals surface area contributed by atoms with E-state index in [4.69, 9.17) is 16.1 Å². The van der Waals surface area contributed by atoms with Crippen LogP contribution in [-0.2, 0) is 0 Å². The van der Waals surface area contributed by atoms with E-state index in [2.05, 4.69) is 10.1 Å². The predicted molar refractivity (Wildman–Crippen MR) is 72.8 cm³/mol. The Bertz CT molecular complexity index is 704. The molecule has 0 aliphatic carbocycles. The number of benzene rings is 1. The molecule has 3 aromatic rings. The highest BCUT2D eigenvalue weighted by Gasteiger charge is 2.22. The first kappa shape index (κ1) is 12.3. The van der Waals surface area contributed by atoms with Crippen LogP contribution in [0.2, 0.25) is 5.02 Å². The van der Waals surface area contributed by atoms with Crippen molar-refractivity contribution < 1.29 is 8.91 Å². The Morgan fingerprint density at radius 3 is 2.84 bits per heavy atom. The average molecular weight is 295 g/mol. The molecule has 0 radical (unpaired) electrons. The molecule has 0 spiro atoms. The van der Waals surface area contributed by atoms with E-state index in [1.807, 2.05) is 5.38 Å². The number of nitrogens with zero attached hydrogens (tertiary/aromatic N) is 2. The smallest absolute Gasteiger partial charge is 0.144 e. The molecule has 1 aromatic carbocycles. The van der Waals surface area contributed by atoms with Crippen LogP contribution in [0.5, 0.6) is 0 Å². The van der Waals surface area contributed by atoms with Gasteiger partial charge in [0.05, 0.1) is 16.1 Å². The Balaban J connectivity index is 2.28. The first-order valence-corrected chi connectivity index (χ1v) is 6.74. The average Bonchev–Trinajstić information content (AvgIpc) is 2.99. The van der Waals surface area contributed by atoms with Crippen LogP contribution in [0.25, 0.3) is 21.8 Å². The molecule has 3 nitrogen and oxygen atoms in total. The van der Waals surface area contributed by atoms with Crippen LogP contribution in [0.4, 0.5) is 4.39 Å². The number of rotatable bonds is 2. The first-order valence-electron chi connectivity index (χ1n) is 5.49. The van der Waals surface area contributed by atoms with Crippen LogP contribution in [0.15, 0.2) is 34.3 Å². The summed E-state index contributed by atoms with van der Waals surface area (Å²) in [5, 5.41) is 6.80. The fourth-order valence-corrected chi connectivity index (χ4v) is 2.85.